The lowest BCUT2D eigenvalue weighted by molar-refractivity contribution is 0.0672. The van der Waals surface area contributed by atoms with Crippen LogP contribution in [0.3, 0.4) is 0 Å². The lowest BCUT2D eigenvalue weighted by Gasteiger charge is -2.20. The Morgan fingerprint density at radius 3 is 2.63 bits per heavy atom. The summed E-state index contributed by atoms with van der Waals surface area (Å²) >= 11 is 7.64. The van der Waals surface area contributed by atoms with Crippen LogP contribution in [0.2, 0.25) is 5.02 Å². The fraction of sp³-hybridized carbons (Fsp3) is 0.444. The van der Waals surface area contributed by atoms with E-state index in [-0.39, 0.29) is 30.5 Å². The Balaban J connectivity index is 0.00000364. The predicted octanol–water partition coefficient (Wildman–Crippen LogP) is 3.25. The summed E-state index contributed by atoms with van der Waals surface area (Å²) in [6, 6.07) is 7.81. The number of guanidine groups is 1. The highest BCUT2D eigenvalue weighted by Gasteiger charge is 2.24. The summed E-state index contributed by atoms with van der Waals surface area (Å²) in [7, 11) is 1.83. The number of benzene rings is 1. The second kappa shape index (κ2) is 11.8. The fourth-order valence-corrected chi connectivity index (χ4v) is 3.13. The van der Waals surface area contributed by atoms with Gasteiger partial charge in [0, 0.05) is 47.6 Å². The van der Waals surface area contributed by atoms with Crippen molar-refractivity contribution in [2.45, 2.75) is 24.3 Å². The Labute approximate surface area is 187 Å². The van der Waals surface area contributed by atoms with Crippen LogP contribution in [0.5, 0.6) is 0 Å². The molecule has 1 aromatic carbocycles. The van der Waals surface area contributed by atoms with Gasteiger partial charge in [-0.2, -0.15) is 5.10 Å². The Morgan fingerprint density at radius 2 is 2.04 bits per heavy atom. The standard InChI is InChI=1S/C18H26ClN5OS.HI/c1-4-20-17(21-9-10-26-16-7-5-15(19)6-8-16)22-13-18(2,25)14-11-23-24(3)12-14;/h5-8,11-12,25H,4,9-10,13H2,1-3H3,(H2,20,21,22);1H. The van der Waals surface area contributed by atoms with Crippen molar-refractivity contribution in [1.29, 1.82) is 0 Å². The fourth-order valence-electron chi connectivity index (χ4n) is 2.23. The molecule has 27 heavy (non-hydrogen) atoms. The van der Waals surface area contributed by atoms with Crippen LogP contribution in [0.1, 0.15) is 19.4 Å². The third-order valence-corrected chi connectivity index (χ3v) is 4.96. The summed E-state index contributed by atoms with van der Waals surface area (Å²) in [5.41, 5.74) is -0.313. The van der Waals surface area contributed by atoms with Gasteiger partial charge in [0.15, 0.2) is 5.96 Å². The largest absolute Gasteiger partial charge is 0.383 e. The number of nitrogens with one attached hydrogen (secondary N) is 2. The molecule has 0 aliphatic carbocycles. The Kier molecular flexibility index (Phi) is 10.5. The summed E-state index contributed by atoms with van der Waals surface area (Å²) in [6.45, 7) is 5.52. The molecule has 0 aliphatic heterocycles. The maximum atomic E-state index is 10.6. The highest BCUT2D eigenvalue weighted by atomic mass is 127. The average molecular weight is 524 g/mol. The zero-order valence-corrected chi connectivity index (χ0v) is 19.7. The van der Waals surface area contributed by atoms with E-state index in [1.54, 1.807) is 35.8 Å². The molecule has 0 radical (unpaired) electrons. The van der Waals surface area contributed by atoms with E-state index in [0.717, 1.165) is 29.4 Å². The van der Waals surface area contributed by atoms with Crippen molar-refractivity contribution in [1.82, 2.24) is 20.4 Å². The molecule has 0 saturated heterocycles. The minimum absolute atomic E-state index is 0. The zero-order chi connectivity index (χ0) is 19.0. The number of rotatable bonds is 8. The maximum absolute atomic E-state index is 10.6. The molecular weight excluding hydrogens is 497 g/mol. The highest BCUT2D eigenvalue weighted by molar-refractivity contribution is 14.0. The van der Waals surface area contributed by atoms with E-state index in [0.29, 0.717) is 5.96 Å². The van der Waals surface area contributed by atoms with Gasteiger partial charge >= 0.3 is 0 Å². The molecule has 6 nitrogen and oxygen atoms in total. The number of hydrogen-bond acceptors (Lipinski definition) is 4. The molecule has 2 aromatic rings. The lowest BCUT2D eigenvalue weighted by Crippen LogP contribution is -2.39. The van der Waals surface area contributed by atoms with Gasteiger partial charge in [-0.1, -0.05) is 11.6 Å². The van der Waals surface area contributed by atoms with Crippen LogP contribution in [0.15, 0.2) is 46.5 Å². The normalized spacial score (nSPS) is 13.6. The molecule has 0 bridgehead atoms. The molecule has 0 spiro atoms. The number of thioether (sulfide) groups is 1. The molecule has 1 atom stereocenters. The van der Waals surface area contributed by atoms with Gasteiger partial charge in [-0.25, -0.2) is 4.99 Å². The van der Waals surface area contributed by atoms with Gasteiger partial charge in [0.2, 0.25) is 0 Å². The van der Waals surface area contributed by atoms with E-state index in [9.17, 15) is 5.11 Å². The molecule has 1 heterocycles. The minimum atomic E-state index is -1.06. The van der Waals surface area contributed by atoms with Gasteiger partial charge in [-0.15, -0.1) is 35.7 Å². The van der Waals surface area contributed by atoms with E-state index in [1.165, 1.54) is 4.90 Å². The number of aryl methyl sites for hydroxylation is 1. The van der Waals surface area contributed by atoms with E-state index in [1.807, 2.05) is 38.2 Å². The van der Waals surface area contributed by atoms with E-state index in [4.69, 9.17) is 11.6 Å². The third-order valence-electron chi connectivity index (χ3n) is 3.69. The second-order valence-electron chi connectivity index (χ2n) is 6.10. The number of aliphatic imine (C=N–C) groups is 1. The van der Waals surface area contributed by atoms with Crippen molar-refractivity contribution in [2.75, 3.05) is 25.4 Å². The third kappa shape index (κ3) is 8.28. The van der Waals surface area contributed by atoms with Gasteiger partial charge in [0.05, 0.1) is 12.7 Å². The first kappa shape index (κ1) is 24.1. The van der Waals surface area contributed by atoms with Crippen LogP contribution in [-0.2, 0) is 12.6 Å². The van der Waals surface area contributed by atoms with Crippen molar-refractivity contribution < 1.29 is 5.11 Å². The zero-order valence-electron chi connectivity index (χ0n) is 15.8. The van der Waals surface area contributed by atoms with E-state index < -0.39 is 5.60 Å². The summed E-state index contributed by atoms with van der Waals surface area (Å²) in [6.07, 6.45) is 3.47. The summed E-state index contributed by atoms with van der Waals surface area (Å²) < 4.78 is 1.67. The number of nitrogens with zero attached hydrogens (tertiary/aromatic N) is 3. The Morgan fingerprint density at radius 1 is 1.33 bits per heavy atom. The molecule has 150 valence electrons. The second-order valence-corrected chi connectivity index (χ2v) is 7.71. The van der Waals surface area contributed by atoms with Crippen molar-refractivity contribution in [3.8, 4) is 0 Å². The van der Waals surface area contributed by atoms with Crippen molar-refractivity contribution in [3.05, 3.63) is 47.2 Å². The molecule has 0 fully saturated rings. The SMILES string of the molecule is CCNC(=NCC(C)(O)c1cnn(C)c1)NCCSc1ccc(Cl)cc1.I. The van der Waals surface area contributed by atoms with Gasteiger partial charge < -0.3 is 15.7 Å². The summed E-state index contributed by atoms with van der Waals surface area (Å²) in [5.74, 6) is 1.58. The quantitative estimate of drug-likeness (QED) is 0.163. The number of hydrogen-bond donors (Lipinski definition) is 3. The van der Waals surface area contributed by atoms with Crippen molar-refractivity contribution in [2.24, 2.45) is 12.0 Å². The molecule has 0 saturated carbocycles. The van der Waals surface area contributed by atoms with Gasteiger partial charge in [0.1, 0.15) is 5.60 Å². The summed E-state index contributed by atoms with van der Waals surface area (Å²) in [4.78, 5) is 5.69. The minimum Gasteiger partial charge on any atom is -0.383 e. The monoisotopic (exact) mass is 523 g/mol. The van der Waals surface area contributed by atoms with Gasteiger partial charge in [-0.05, 0) is 38.1 Å². The van der Waals surface area contributed by atoms with Crippen LogP contribution >= 0.6 is 47.3 Å². The topological polar surface area (TPSA) is 74.5 Å². The van der Waals surface area contributed by atoms with Crippen LogP contribution in [0.4, 0.5) is 0 Å². The number of aromatic nitrogens is 2. The van der Waals surface area contributed by atoms with Crippen LogP contribution in [0, 0.1) is 0 Å². The predicted molar refractivity (Wildman–Crippen MR) is 124 cm³/mol. The molecule has 0 amide bonds. The molecule has 3 N–H and O–H groups in total. The molecule has 9 heteroatoms. The first-order valence-corrected chi connectivity index (χ1v) is 9.89. The molecular formula is C18H27ClIN5OS. The first-order chi connectivity index (χ1) is 12.4. The molecule has 0 aliphatic rings. The Bertz CT molecular complexity index is 721. The highest BCUT2D eigenvalue weighted by Crippen LogP contribution is 2.20. The molecule has 1 unspecified atom stereocenters. The van der Waals surface area contributed by atoms with Crippen LogP contribution in [0.25, 0.3) is 0 Å². The molecule has 2 rings (SSSR count). The first-order valence-electron chi connectivity index (χ1n) is 8.53. The van der Waals surface area contributed by atoms with Gasteiger partial charge in [-0.3, -0.25) is 4.68 Å². The smallest absolute Gasteiger partial charge is 0.191 e. The Hall–Kier alpha value is -0.970. The van der Waals surface area contributed by atoms with Crippen LogP contribution in [-0.4, -0.2) is 46.2 Å². The number of aliphatic hydroxyl groups is 1. The maximum Gasteiger partial charge on any atom is 0.191 e. The number of halogens is 2. The molecule has 1 aromatic heterocycles. The van der Waals surface area contributed by atoms with Crippen molar-refractivity contribution >= 4 is 53.3 Å². The van der Waals surface area contributed by atoms with Crippen LogP contribution < -0.4 is 10.6 Å². The van der Waals surface area contributed by atoms with Gasteiger partial charge in [0.25, 0.3) is 0 Å². The van der Waals surface area contributed by atoms with E-state index >= 15 is 0 Å². The average Bonchev–Trinajstić information content (AvgIpc) is 3.05. The summed E-state index contributed by atoms with van der Waals surface area (Å²) in [5, 5.41) is 22.0. The van der Waals surface area contributed by atoms with E-state index in [2.05, 4.69) is 20.7 Å². The van der Waals surface area contributed by atoms with Crippen molar-refractivity contribution in [3.63, 3.8) is 0 Å². The lowest BCUT2D eigenvalue weighted by atomic mass is 10.0.